The van der Waals surface area contributed by atoms with Gasteiger partial charge in [0.15, 0.2) is 11.6 Å². The van der Waals surface area contributed by atoms with Gasteiger partial charge in [-0.2, -0.15) is 0 Å². The molecule has 0 spiro atoms. The molecule has 0 aromatic carbocycles. The van der Waals surface area contributed by atoms with E-state index in [0.29, 0.717) is 48.3 Å². The molecular weight excluding hydrogens is 400 g/mol. The number of hydrogen-bond donors (Lipinski definition) is 1. The van der Waals surface area contributed by atoms with E-state index in [9.17, 15) is 19.2 Å². The number of hydrogen-bond acceptors (Lipinski definition) is 5. The number of ether oxygens (including phenoxy) is 1. The van der Waals surface area contributed by atoms with Crippen LogP contribution in [0.1, 0.15) is 92.9 Å². The molecule has 0 fully saturated rings. The average molecular weight is 431 g/mol. The van der Waals surface area contributed by atoms with Crippen LogP contribution in [0.25, 0.3) is 0 Å². The number of carboxylic acids is 1. The molecule has 2 aliphatic rings. The number of nitrogens with zero attached hydrogens (tertiary/aromatic N) is 2. The van der Waals surface area contributed by atoms with Gasteiger partial charge in [0.2, 0.25) is 0 Å². The fourth-order valence-electron chi connectivity index (χ4n) is 4.21. The zero-order chi connectivity index (χ0) is 22.0. The lowest BCUT2D eigenvalue weighted by Gasteiger charge is -2.11. The molecule has 0 aliphatic heterocycles. The van der Waals surface area contributed by atoms with Gasteiger partial charge in [0.1, 0.15) is 11.4 Å². The molecule has 0 amide bonds. The number of carbonyl (C=O) groups is 4. The summed E-state index contributed by atoms with van der Waals surface area (Å²) in [5.41, 5.74) is 3.64. The first-order valence-corrected chi connectivity index (χ1v) is 10.1. The van der Waals surface area contributed by atoms with Crippen LogP contribution < -0.4 is 0 Å². The van der Waals surface area contributed by atoms with Gasteiger partial charge in [0.05, 0.1) is 6.61 Å². The maximum atomic E-state index is 11.8. The number of carboxylic acid groups (broad SMARTS) is 1. The highest BCUT2D eigenvalue weighted by molar-refractivity contribution is 6.03. The summed E-state index contributed by atoms with van der Waals surface area (Å²) in [6.07, 6.45) is 7.55. The Morgan fingerprint density at radius 3 is 1.81 bits per heavy atom. The molecular formula is C23H30N2O6. The summed E-state index contributed by atoms with van der Waals surface area (Å²) in [5, 5.41) is 8.96. The van der Waals surface area contributed by atoms with Crippen molar-refractivity contribution >= 4 is 23.5 Å². The molecule has 2 heterocycles. The number of Topliss-reactive ketones (excluding diaryl/α,β-unsaturated/α-hetero) is 2. The van der Waals surface area contributed by atoms with Gasteiger partial charge in [0.25, 0.3) is 0 Å². The molecule has 2 aromatic heterocycles. The Morgan fingerprint density at radius 1 is 0.903 bits per heavy atom. The van der Waals surface area contributed by atoms with Crippen molar-refractivity contribution in [2.75, 3.05) is 6.61 Å². The molecule has 1 N–H and O–H groups in total. The number of aryl methyl sites for hydroxylation is 2. The molecule has 8 nitrogen and oxygen atoms in total. The van der Waals surface area contributed by atoms with Crippen molar-refractivity contribution in [3.8, 4) is 0 Å². The third kappa shape index (κ3) is 4.62. The van der Waals surface area contributed by atoms with Gasteiger partial charge in [0, 0.05) is 50.5 Å². The fraction of sp³-hybridized carbons (Fsp3) is 0.478. The maximum Gasteiger partial charge on any atom is 0.355 e. The van der Waals surface area contributed by atoms with E-state index < -0.39 is 5.97 Å². The van der Waals surface area contributed by atoms with E-state index in [4.69, 9.17) is 9.84 Å². The standard InChI is InChI=1S/C12H15NO3.C10H11NO3.CH4/c1-3-16-12(15)11-8-5-4-6-10(14)9(8)7-13(11)2;1-11-5-7-6(9(11)10(13)14)3-2-4-8(7)12;/h7H,3-6H2,1-2H3;5H,2-4H2,1H3,(H,13,14);1H4. The van der Waals surface area contributed by atoms with Crippen molar-refractivity contribution in [2.24, 2.45) is 14.1 Å². The topological polar surface area (TPSA) is 108 Å². The number of esters is 1. The van der Waals surface area contributed by atoms with Gasteiger partial charge in [-0.05, 0) is 43.7 Å². The second kappa shape index (κ2) is 9.76. The fourth-order valence-corrected chi connectivity index (χ4v) is 4.21. The first-order valence-electron chi connectivity index (χ1n) is 10.1. The van der Waals surface area contributed by atoms with Crippen molar-refractivity contribution in [3.63, 3.8) is 0 Å². The normalized spacial score (nSPS) is 14.5. The zero-order valence-corrected chi connectivity index (χ0v) is 17.5. The van der Waals surface area contributed by atoms with Crippen LogP contribution in [-0.2, 0) is 31.7 Å². The van der Waals surface area contributed by atoms with Gasteiger partial charge < -0.3 is 19.0 Å². The summed E-state index contributed by atoms with van der Waals surface area (Å²) in [4.78, 5) is 45.8. The molecule has 168 valence electrons. The maximum absolute atomic E-state index is 11.8. The van der Waals surface area contributed by atoms with Crippen LogP contribution in [0.3, 0.4) is 0 Å². The number of rotatable bonds is 3. The summed E-state index contributed by atoms with van der Waals surface area (Å²) in [5.74, 6) is -1.09. The van der Waals surface area contributed by atoms with E-state index in [1.54, 1.807) is 38.0 Å². The summed E-state index contributed by atoms with van der Waals surface area (Å²) >= 11 is 0. The molecule has 0 unspecified atom stereocenters. The molecule has 0 saturated heterocycles. The summed E-state index contributed by atoms with van der Waals surface area (Å²) in [7, 11) is 3.44. The van der Waals surface area contributed by atoms with E-state index in [1.165, 1.54) is 4.57 Å². The lowest BCUT2D eigenvalue weighted by atomic mass is 9.93. The van der Waals surface area contributed by atoms with Gasteiger partial charge in [-0.1, -0.05) is 7.43 Å². The average Bonchev–Trinajstić information content (AvgIpc) is 3.20. The van der Waals surface area contributed by atoms with Crippen LogP contribution in [-0.4, -0.2) is 44.4 Å². The minimum absolute atomic E-state index is 0. The van der Waals surface area contributed by atoms with Gasteiger partial charge in [-0.15, -0.1) is 0 Å². The number of aromatic nitrogens is 2. The Hall–Kier alpha value is -3.16. The summed E-state index contributed by atoms with van der Waals surface area (Å²) in [6, 6.07) is 0. The summed E-state index contributed by atoms with van der Waals surface area (Å²) < 4.78 is 8.22. The van der Waals surface area contributed by atoms with E-state index in [1.807, 2.05) is 0 Å². The zero-order valence-electron chi connectivity index (χ0n) is 17.5. The van der Waals surface area contributed by atoms with Crippen molar-refractivity contribution in [2.45, 2.75) is 52.9 Å². The van der Waals surface area contributed by atoms with Crippen molar-refractivity contribution in [1.29, 1.82) is 0 Å². The molecule has 0 atom stereocenters. The van der Waals surface area contributed by atoms with Crippen LogP contribution in [0.5, 0.6) is 0 Å². The molecule has 4 rings (SSSR count). The van der Waals surface area contributed by atoms with Crippen molar-refractivity contribution < 1.29 is 29.0 Å². The molecule has 0 saturated carbocycles. The monoisotopic (exact) mass is 430 g/mol. The van der Waals surface area contributed by atoms with Gasteiger partial charge in [-0.25, -0.2) is 9.59 Å². The third-order valence-electron chi connectivity index (χ3n) is 5.51. The minimum atomic E-state index is -0.955. The smallest absolute Gasteiger partial charge is 0.355 e. The lowest BCUT2D eigenvalue weighted by molar-refractivity contribution is 0.0513. The van der Waals surface area contributed by atoms with Crippen molar-refractivity contribution in [3.05, 3.63) is 46.0 Å². The van der Waals surface area contributed by atoms with Crippen LogP contribution in [0.2, 0.25) is 0 Å². The molecule has 2 aliphatic carbocycles. The highest BCUT2D eigenvalue weighted by atomic mass is 16.5. The number of carbonyl (C=O) groups excluding carboxylic acids is 3. The Balaban J connectivity index is 0.000000215. The number of fused-ring (bicyclic) bond motifs is 2. The van der Waals surface area contributed by atoms with Gasteiger partial charge >= 0.3 is 11.9 Å². The van der Waals surface area contributed by atoms with E-state index >= 15 is 0 Å². The van der Waals surface area contributed by atoms with Crippen LogP contribution in [0.15, 0.2) is 12.4 Å². The first-order chi connectivity index (χ1) is 14.3. The largest absolute Gasteiger partial charge is 0.477 e. The predicted molar refractivity (Wildman–Crippen MR) is 115 cm³/mol. The molecule has 0 bridgehead atoms. The Kier molecular flexibility index (Phi) is 7.60. The Bertz CT molecular complexity index is 1030. The number of aromatic carboxylic acids is 1. The molecule has 2 aromatic rings. The minimum Gasteiger partial charge on any atom is -0.477 e. The van der Waals surface area contributed by atoms with E-state index in [0.717, 1.165) is 24.8 Å². The van der Waals surface area contributed by atoms with Crippen LogP contribution in [0.4, 0.5) is 0 Å². The van der Waals surface area contributed by atoms with Crippen LogP contribution in [0, 0.1) is 0 Å². The summed E-state index contributed by atoms with van der Waals surface area (Å²) in [6.45, 7) is 2.13. The van der Waals surface area contributed by atoms with E-state index in [-0.39, 0.29) is 30.7 Å². The predicted octanol–water partition coefficient (Wildman–Crippen LogP) is 3.60. The number of ketones is 2. The van der Waals surface area contributed by atoms with Crippen molar-refractivity contribution in [1.82, 2.24) is 9.13 Å². The quantitative estimate of drug-likeness (QED) is 0.746. The Labute approximate surface area is 181 Å². The van der Waals surface area contributed by atoms with E-state index in [2.05, 4.69) is 0 Å². The molecule has 31 heavy (non-hydrogen) atoms. The first kappa shape index (κ1) is 24.1. The molecule has 8 heteroatoms. The molecule has 0 radical (unpaired) electrons. The van der Waals surface area contributed by atoms with Crippen LogP contribution >= 0.6 is 0 Å². The highest BCUT2D eigenvalue weighted by Gasteiger charge is 2.27. The second-order valence-corrected chi connectivity index (χ2v) is 7.54. The Morgan fingerprint density at radius 2 is 1.35 bits per heavy atom. The van der Waals surface area contributed by atoms with Gasteiger partial charge in [-0.3, -0.25) is 9.59 Å². The lowest BCUT2D eigenvalue weighted by Crippen LogP contribution is -2.14. The third-order valence-corrected chi connectivity index (χ3v) is 5.51. The second-order valence-electron chi connectivity index (χ2n) is 7.54. The SMILES string of the molecule is C.CCOC(=O)c1c2c(cn1C)C(=O)CCC2.Cn1cc2c(c1C(=O)O)CCCC2=O. The highest BCUT2D eigenvalue weighted by Crippen LogP contribution is 2.27.